The third-order valence-corrected chi connectivity index (χ3v) is 7.24. The number of aryl methyl sites for hydroxylation is 1. The van der Waals surface area contributed by atoms with Gasteiger partial charge in [0.15, 0.2) is 0 Å². The second kappa shape index (κ2) is 7.14. The highest BCUT2D eigenvalue weighted by Gasteiger charge is 2.33. The molecule has 3 heterocycles. The van der Waals surface area contributed by atoms with Crippen molar-refractivity contribution in [2.24, 2.45) is 7.05 Å². The van der Waals surface area contributed by atoms with Crippen LogP contribution in [0, 0.1) is 0 Å². The molecule has 1 unspecified atom stereocenters. The lowest BCUT2D eigenvalue weighted by Crippen LogP contribution is -2.39. The fourth-order valence-electron chi connectivity index (χ4n) is 3.86. The number of carbonyl (C=O) groups is 2. The van der Waals surface area contributed by atoms with Crippen molar-refractivity contribution in [2.45, 2.75) is 36.5 Å². The molecule has 2 aliphatic rings. The summed E-state index contributed by atoms with van der Waals surface area (Å²) >= 11 is 0. The molecule has 0 radical (unpaired) electrons. The number of piperidine rings is 1. The van der Waals surface area contributed by atoms with E-state index < -0.39 is 10.0 Å². The van der Waals surface area contributed by atoms with Crippen LogP contribution in [0.5, 0.6) is 0 Å². The van der Waals surface area contributed by atoms with Gasteiger partial charge in [-0.2, -0.15) is 9.40 Å². The quantitative estimate of drug-likeness (QED) is 0.725. The number of imide groups is 1. The lowest BCUT2D eigenvalue weighted by atomic mass is 9.94. The predicted molar refractivity (Wildman–Crippen MR) is 102 cm³/mol. The highest BCUT2D eigenvalue weighted by Crippen LogP contribution is 2.31. The summed E-state index contributed by atoms with van der Waals surface area (Å²) in [6.07, 6.45) is 5.83. The van der Waals surface area contributed by atoms with Gasteiger partial charge in [0.2, 0.25) is 21.8 Å². The van der Waals surface area contributed by atoms with Gasteiger partial charge in [0.25, 0.3) is 0 Å². The molecule has 0 saturated carbocycles. The van der Waals surface area contributed by atoms with Crippen molar-refractivity contribution in [1.29, 1.82) is 0 Å². The zero-order chi connectivity index (χ0) is 19.9. The molecule has 1 aromatic carbocycles. The molecule has 1 atom stereocenters. The molecule has 0 spiro atoms. The Hall–Kier alpha value is -2.52. The molecule has 8 nitrogen and oxygen atoms in total. The highest BCUT2D eigenvalue weighted by atomic mass is 32.2. The maximum atomic E-state index is 13.1. The van der Waals surface area contributed by atoms with E-state index in [0.29, 0.717) is 18.8 Å². The first-order valence-electron chi connectivity index (χ1n) is 9.31. The van der Waals surface area contributed by atoms with Gasteiger partial charge in [0.1, 0.15) is 0 Å². The zero-order valence-electron chi connectivity index (χ0n) is 15.6. The van der Waals surface area contributed by atoms with Gasteiger partial charge in [-0.3, -0.25) is 19.2 Å². The molecular formula is C19H22N4O4S. The van der Waals surface area contributed by atoms with E-state index in [4.69, 9.17) is 0 Å². The Morgan fingerprint density at radius 3 is 2.36 bits per heavy atom. The number of nitrogens with zero attached hydrogens (tertiary/aromatic N) is 4. The van der Waals surface area contributed by atoms with Crippen molar-refractivity contribution >= 4 is 27.5 Å². The van der Waals surface area contributed by atoms with Crippen molar-refractivity contribution in [3.8, 4) is 0 Å². The molecule has 2 aromatic rings. The molecule has 2 amide bonds. The number of carbonyl (C=O) groups excluding carboxylic acids is 2. The lowest BCUT2D eigenvalue weighted by Gasteiger charge is -2.31. The number of hydrogen-bond donors (Lipinski definition) is 0. The van der Waals surface area contributed by atoms with E-state index in [1.807, 2.05) is 13.2 Å². The minimum Gasteiger partial charge on any atom is -0.276 e. The fourth-order valence-corrected chi connectivity index (χ4v) is 5.39. The number of hydrogen-bond acceptors (Lipinski definition) is 5. The van der Waals surface area contributed by atoms with Crippen molar-refractivity contribution in [1.82, 2.24) is 14.1 Å². The number of anilines is 1. The van der Waals surface area contributed by atoms with E-state index in [9.17, 15) is 18.0 Å². The lowest BCUT2D eigenvalue weighted by molar-refractivity contribution is -0.121. The van der Waals surface area contributed by atoms with E-state index in [1.165, 1.54) is 28.6 Å². The molecular weight excluding hydrogens is 380 g/mol. The summed E-state index contributed by atoms with van der Waals surface area (Å²) < 4.78 is 29.4. The third kappa shape index (κ3) is 3.35. The van der Waals surface area contributed by atoms with E-state index in [0.717, 1.165) is 23.3 Å². The Kier molecular flexibility index (Phi) is 4.80. The van der Waals surface area contributed by atoms with Crippen LogP contribution in [0.2, 0.25) is 0 Å². The topological polar surface area (TPSA) is 92.6 Å². The standard InChI is InChI=1S/C19H22N4O4S/c1-21-12-15(11-20-21)14-3-2-10-22(13-14)28(26,27)17-6-4-16(5-7-17)23-18(24)8-9-19(23)25/h4-7,11-12,14H,2-3,8-10,13H2,1H3. The van der Waals surface area contributed by atoms with Crippen LogP contribution in [-0.4, -0.2) is 47.4 Å². The minimum absolute atomic E-state index is 0.122. The van der Waals surface area contributed by atoms with Gasteiger partial charge in [-0.25, -0.2) is 8.42 Å². The van der Waals surface area contributed by atoms with Crippen LogP contribution in [0.4, 0.5) is 5.69 Å². The molecule has 9 heteroatoms. The van der Waals surface area contributed by atoms with Crippen molar-refractivity contribution < 1.29 is 18.0 Å². The maximum absolute atomic E-state index is 13.1. The summed E-state index contributed by atoms with van der Waals surface area (Å²) in [5.74, 6) is -0.386. The molecule has 0 N–H and O–H groups in total. The summed E-state index contributed by atoms with van der Waals surface area (Å²) in [5, 5.41) is 4.19. The van der Waals surface area contributed by atoms with Crippen LogP contribution in [0.3, 0.4) is 0 Å². The van der Waals surface area contributed by atoms with Crippen LogP contribution >= 0.6 is 0 Å². The summed E-state index contributed by atoms with van der Waals surface area (Å²) in [7, 11) is -1.80. The second-order valence-electron chi connectivity index (χ2n) is 7.27. The first-order chi connectivity index (χ1) is 13.4. The van der Waals surface area contributed by atoms with Gasteiger partial charge in [-0.1, -0.05) is 0 Å². The predicted octanol–water partition coefficient (Wildman–Crippen LogP) is 1.64. The van der Waals surface area contributed by atoms with Gasteiger partial charge >= 0.3 is 0 Å². The first kappa shape index (κ1) is 18.8. The number of aromatic nitrogens is 2. The molecule has 2 fully saturated rings. The van der Waals surface area contributed by atoms with Gasteiger partial charge in [-0.05, 0) is 42.7 Å². The summed E-state index contributed by atoms with van der Waals surface area (Å²) in [6, 6.07) is 5.99. The Labute approximate surface area is 163 Å². The normalized spacial score (nSPS) is 21.5. The van der Waals surface area contributed by atoms with E-state index in [2.05, 4.69) is 5.10 Å². The van der Waals surface area contributed by atoms with Crippen LogP contribution < -0.4 is 4.90 Å². The number of amides is 2. The first-order valence-corrected chi connectivity index (χ1v) is 10.7. The fraction of sp³-hybridized carbons (Fsp3) is 0.421. The maximum Gasteiger partial charge on any atom is 0.243 e. The van der Waals surface area contributed by atoms with E-state index >= 15 is 0 Å². The zero-order valence-corrected chi connectivity index (χ0v) is 16.4. The van der Waals surface area contributed by atoms with Gasteiger partial charge in [0.05, 0.1) is 16.8 Å². The number of rotatable bonds is 4. The number of sulfonamides is 1. The SMILES string of the molecule is Cn1cc(C2CCCN(S(=O)(=O)c3ccc(N4C(=O)CCC4=O)cc3)C2)cn1. The van der Waals surface area contributed by atoms with Gasteiger partial charge < -0.3 is 0 Å². The van der Waals surface area contributed by atoms with Crippen LogP contribution in [-0.2, 0) is 26.7 Å². The third-order valence-electron chi connectivity index (χ3n) is 5.36. The molecule has 4 rings (SSSR count). The van der Waals surface area contributed by atoms with Crippen LogP contribution in [0.1, 0.15) is 37.2 Å². The van der Waals surface area contributed by atoms with Crippen LogP contribution in [0.15, 0.2) is 41.6 Å². The molecule has 1 aromatic heterocycles. The van der Waals surface area contributed by atoms with Crippen molar-refractivity contribution in [3.05, 3.63) is 42.2 Å². The van der Waals surface area contributed by atoms with Gasteiger partial charge in [-0.15, -0.1) is 0 Å². The van der Waals surface area contributed by atoms with Crippen LogP contribution in [0.25, 0.3) is 0 Å². The van der Waals surface area contributed by atoms with E-state index in [-0.39, 0.29) is 35.5 Å². The molecule has 0 bridgehead atoms. The average Bonchev–Trinajstić information content (AvgIpc) is 3.27. The molecule has 0 aliphatic carbocycles. The summed E-state index contributed by atoms with van der Waals surface area (Å²) in [5.41, 5.74) is 1.46. The smallest absolute Gasteiger partial charge is 0.243 e. The Balaban J connectivity index is 1.54. The van der Waals surface area contributed by atoms with Gasteiger partial charge in [0, 0.05) is 45.1 Å². The molecule has 2 aliphatic heterocycles. The average molecular weight is 402 g/mol. The number of benzene rings is 1. The summed E-state index contributed by atoms with van der Waals surface area (Å²) in [4.78, 5) is 25.0. The largest absolute Gasteiger partial charge is 0.276 e. The highest BCUT2D eigenvalue weighted by molar-refractivity contribution is 7.89. The monoisotopic (exact) mass is 402 g/mol. The van der Waals surface area contributed by atoms with E-state index in [1.54, 1.807) is 10.9 Å². The minimum atomic E-state index is -3.65. The Morgan fingerprint density at radius 1 is 1.07 bits per heavy atom. The Morgan fingerprint density at radius 2 is 1.75 bits per heavy atom. The molecule has 28 heavy (non-hydrogen) atoms. The van der Waals surface area contributed by atoms with Crippen molar-refractivity contribution in [3.63, 3.8) is 0 Å². The second-order valence-corrected chi connectivity index (χ2v) is 9.20. The molecule has 148 valence electrons. The Bertz CT molecular complexity index is 997. The van der Waals surface area contributed by atoms with Crippen molar-refractivity contribution in [2.75, 3.05) is 18.0 Å². The summed E-state index contributed by atoms with van der Waals surface area (Å²) in [6.45, 7) is 0.892. The molecule has 2 saturated heterocycles.